The standard InChI is InChI=1S/C25H40N6O3/c1-25(2,3)20-9-7-19(8-10-20)22-29-23(27-12-15-33-17-16-32-14-11-26)31-24(30-22)28-18-21-6-4-5-13-34-21/h7-10,21H,4-6,11-18,26H2,1-3H3,(H2,27,28,29,30,31). The van der Waals surface area contributed by atoms with Gasteiger partial charge in [0, 0.05) is 31.8 Å². The molecule has 1 aromatic heterocycles. The van der Waals surface area contributed by atoms with Crippen molar-refractivity contribution in [3.8, 4) is 11.4 Å². The van der Waals surface area contributed by atoms with Crippen molar-refractivity contribution in [2.24, 2.45) is 5.73 Å². The lowest BCUT2D eigenvalue weighted by Gasteiger charge is -2.22. The molecule has 3 rings (SSSR count). The van der Waals surface area contributed by atoms with E-state index in [-0.39, 0.29) is 11.5 Å². The number of hydrogen-bond acceptors (Lipinski definition) is 9. The Labute approximate surface area is 203 Å². The Hall–Kier alpha value is -2.33. The molecule has 0 bridgehead atoms. The number of anilines is 2. The Kier molecular flexibility index (Phi) is 10.5. The smallest absolute Gasteiger partial charge is 0.228 e. The molecule has 1 aliphatic rings. The third-order valence-electron chi connectivity index (χ3n) is 5.57. The van der Waals surface area contributed by atoms with Crippen molar-refractivity contribution in [2.45, 2.75) is 51.6 Å². The first-order valence-electron chi connectivity index (χ1n) is 12.3. The average Bonchev–Trinajstić information content (AvgIpc) is 2.84. The summed E-state index contributed by atoms with van der Waals surface area (Å²) in [6.07, 6.45) is 3.56. The second-order valence-electron chi connectivity index (χ2n) is 9.44. The Morgan fingerprint density at radius 1 is 0.941 bits per heavy atom. The molecule has 1 aromatic carbocycles. The van der Waals surface area contributed by atoms with E-state index in [1.807, 2.05) is 0 Å². The fourth-order valence-corrected chi connectivity index (χ4v) is 3.60. The van der Waals surface area contributed by atoms with Gasteiger partial charge in [0.05, 0.1) is 32.5 Å². The first kappa shape index (κ1) is 26.3. The van der Waals surface area contributed by atoms with Crippen LogP contribution in [0.15, 0.2) is 24.3 Å². The largest absolute Gasteiger partial charge is 0.378 e. The zero-order chi connectivity index (χ0) is 24.2. The van der Waals surface area contributed by atoms with Gasteiger partial charge in [0.15, 0.2) is 5.82 Å². The molecular weight excluding hydrogens is 432 g/mol. The van der Waals surface area contributed by atoms with Gasteiger partial charge in [-0.3, -0.25) is 0 Å². The van der Waals surface area contributed by atoms with E-state index in [9.17, 15) is 0 Å². The summed E-state index contributed by atoms with van der Waals surface area (Å²) < 4.78 is 16.7. The monoisotopic (exact) mass is 472 g/mol. The van der Waals surface area contributed by atoms with Crippen molar-refractivity contribution in [3.05, 3.63) is 29.8 Å². The summed E-state index contributed by atoms with van der Waals surface area (Å²) >= 11 is 0. The Morgan fingerprint density at radius 2 is 1.65 bits per heavy atom. The van der Waals surface area contributed by atoms with Crippen molar-refractivity contribution in [1.29, 1.82) is 0 Å². The predicted octanol–water partition coefficient (Wildman–Crippen LogP) is 3.22. The summed E-state index contributed by atoms with van der Waals surface area (Å²) in [4.78, 5) is 13.9. The lowest BCUT2D eigenvalue weighted by atomic mass is 9.87. The topological polar surface area (TPSA) is 116 Å². The van der Waals surface area contributed by atoms with Gasteiger partial charge >= 0.3 is 0 Å². The first-order valence-corrected chi connectivity index (χ1v) is 12.3. The molecule has 1 fully saturated rings. The van der Waals surface area contributed by atoms with Crippen LogP contribution in [0.3, 0.4) is 0 Å². The molecule has 1 aliphatic heterocycles. The Balaban J connectivity index is 1.64. The van der Waals surface area contributed by atoms with Crippen LogP contribution in [0, 0.1) is 0 Å². The number of ether oxygens (including phenoxy) is 3. The van der Waals surface area contributed by atoms with Gasteiger partial charge in [0.2, 0.25) is 11.9 Å². The zero-order valence-corrected chi connectivity index (χ0v) is 20.8. The second kappa shape index (κ2) is 13.5. The summed E-state index contributed by atoms with van der Waals surface area (Å²) in [7, 11) is 0. The number of nitrogens with zero attached hydrogens (tertiary/aromatic N) is 3. The fraction of sp³-hybridized carbons (Fsp3) is 0.640. The number of benzene rings is 1. The number of nitrogens with two attached hydrogens (primary N) is 1. The maximum absolute atomic E-state index is 5.83. The average molecular weight is 473 g/mol. The van der Waals surface area contributed by atoms with Crippen molar-refractivity contribution in [3.63, 3.8) is 0 Å². The van der Waals surface area contributed by atoms with Crippen LogP contribution in [0.1, 0.15) is 45.6 Å². The van der Waals surface area contributed by atoms with Gasteiger partial charge in [-0.1, -0.05) is 45.0 Å². The number of nitrogens with one attached hydrogen (secondary N) is 2. The van der Waals surface area contributed by atoms with E-state index < -0.39 is 0 Å². The van der Waals surface area contributed by atoms with E-state index in [0.717, 1.165) is 25.0 Å². The summed E-state index contributed by atoms with van der Waals surface area (Å²) in [5.74, 6) is 1.68. The SMILES string of the molecule is CC(C)(C)c1ccc(-c2nc(NCCOCCOCCN)nc(NCC3CCCCO3)n2)cc1. The normalized spacial score (nSPS) is 16.4. The van der Waals surface area contributed by atoms with Crippen LogP contribution in [0.5, 0.6) is 0 Å². The van der Waals surface area contributed by atoms with Gasteiger partial charge in [0.1, 0.15) is 0 Å². The molecule has 2 aromatic rings. The van der Waals surface area contributed by atoms with Crippen molar-refractivity contribution in [1.82, 2.24) is 15.0 Å². The summed E-state index contributed by atoms with van der Waals surface area (Å²) in [5.41, 5.74) is 7.71. The quantitative estimate of drug-likeness (QED) is 0.378. The highest BCUT2D eigenvalue weighted by molar-refractivity contribution is 5.58. The van der Waals surface area contributed by atoms with Gasteiger partial charge in [-0.25, -0.2) is 0 Å². The molecule has 1 saturated heterocycles. The Morgan fingerprint density at radius 3 is 2.29 bits per heavy atom. The minimum atomic E-state index is 0.0897. The van der Waals surface area contributed by atoms with E-state index in [0.29, 0.717) is 63.8 Å². The number of hydrogen-bond donors (Lipinski definition) is 3. The van der Waals surface area contributed by atoms with Crippen LogP contribution in [0.25, 0.3) is 11.4 Å². The predicted molar refractivity (Wildman–Crippen MR) is 135 cm³/mol. The van der Waals surface area contributed by atoms with Crippen LogP contribution in [0.4, 0.5) is 11.9 Å². The molecular formula is C25H40N6O3. The molecule has 0 amide bonds. The van der Waals surface area contributed by atoms with Gasteiger partial charge in [-0.05, 0) is 30.2 Å². The van der Waals surface area contributed by atoms with Crippen LogP contribution in [-0.2, 0) is 19.6 Å². The minimum absolute atomic E-state index is 0.0897. The minimum Gasteiger partial charge on any atom is -0.378 e. The highest BCUT2D eigenvalue weighted by Gasteiger charge is 2.16. The zero-order valence-electron chi connectivity index (χ0n) is 20.8. The molecule has 9 heteroatoms. The van der Waals surface area contributed by atoms with Gasteiger partial charge < -0.3 is 30.6 Å². The molecule has 188 valence electrons. The maximum atomic E-state index is 5.83. The molecule has 0 spiro atoms. The summed E-state index contributed by atoms with van der Waals surface area (Å²) in [6.45, 7) is 11.3. The molecule has 0 saturated carbocycles. The molecule has 1 atom stereocenters. The molecule has 4 N–H and O–H groups in total. The van der Waals surface area contributed by atoms with Gasteiger partial charge in [-0.15, -0.1) is 0 Å². The Bertz CT molecular complexity index is 851. The summed E-state index contributed by atoms with van der Waals surface area (Å²) in [6, 6.07) is 8.40. The molecule has 1 unspecified atom stereocenters. The van der Waals surface area contributed by atoms with Crippen LogP contribution in [0.2, 0.25) is 0 Å². The molecule has 0 aliphatic carbocycles. The van der Waals surface area contributed by atoms with E-state index in [1.54, 1.807) is 0 Å². The fourth-order valence-electron chi connectivity index (χ4n) is 3.60. The van der Waals surface area contributed by atoms with E-state index in [1.165, 1.54) is 12.0 Å². The maximum Gasteiger partial charge on any atom is 0.228 e. The number of rotatable bonds is 13. The number of aromatic nitrogens is 3. The first-order chi connectivity index (χ1) is 16.5. The van der Waals surface area contributed by atoms with Crippen molar-refractivity contribution >= 4 is 11.9 Å². The van der Waals surface area contributed by atoms with Crippen LogP contribution >= 0.6 is 0 Å². The lowest BCUT2D eigenvalue weighted by Crippen LogP contribution is -2.27. The molecule has 9 nitrogen and oxygen atoms in total. The van der Waals surface area contributed by atoms with E-state index in [2.05, 4.69) is 70.6 Å². The highest BCUT2D eigenvalue weighted by Crippen LogP contribution is 2.25. The van der Waals surface area contributed by atoms with Crippen molar-refractivity contribution < 1.29 is 14.2 Å². The summed E-state index contributed by atoms with van der Waals surface area (Å²) in [5, 5.41) is 6.60. The van der Waals surface area contributed by atoms with Crippen LogP contribution < -0.4 is 16.4 Å². The van der Waals surface area contributed by atoms with Crippen molar-refractivity contribution in [2.75, 3.05) is 63.3 Å². The third kappa shape index (κ3) is 8.79. The lowest BCUT2D eigenvalue weighted by molar-refractivity contribution is 0.0246. The van der Waals surface area contributed by atoms with Gasteiger partial charge in [0.25, 0.3) is 0 Å². The van der Waals surface area contributed by atoms with E-state index in [4.69, 9.17) is 19.9 Å². The second-order valence-corrected chi connectivity index (χ2v) is 9.44. The molecule has 34 heavy (non-hydrogen) atoms. The van der Waals surface area contributed by atoms with Gasteiger partial charge in [-0.2, -0.15) is 15.0 Å². The molecule has 0 radical (unpaired) electrons. The highest BCUT2D eigenvalue weighted by atomic mass is 16.5. The third-order valence-corrected chi connectivity index (χ3v) is 5.57. The molecule has 2 heterocycles. The van der Waals surface area contributed by atoms with Crippen LogP contribution in [-0.4, -0.2) is 73.7 Å². The van der Waals surface area contributed by atoms with E-state index >= 15 is 0 Å².